The van der Waals surface area contributed by atoms with Crippen LogP contribution in [-0.4, -0.2) is 34.2 Å². The summed E-state index contributed by atoms with van der Waals surface area (Å²) >= 11 is 0. The van der Waals surface area contributed by atoms with Crippen molar-refractivity contribution in [2.45, 2.75) is 31.6 Å². The number of aliphatic hydroxyl groups excluding tert-OH is 1. The Bertz CT molecular complexity index is 1210. The molecule has 0 aromatic heterocycles. The van der Waals surface area contributed by atoms with Gasteiger partial charge in [-0.2, -0.15) is 0 Å². The van der Waals surface area contributed by atoms with Gasteiger partial charge in [-0.05, 0) is 34.2 Å². The van der Waals surface area contributed by atoms with Gasteiger partial charge in [0.1, 0.15) is 5.76 Å². The third-order valence-electron chi connectivity index (χ3n) is 5.86. The molecule has 162 valence electrons. The molecule has 1 aliphatic carbocycles. The predicted molar refractivity (Wildman–Crippen MR) is 125 cm³/mol. The Kier molecular flexibility index (Phi) is 6.45. The van der Waals surface area contributed by atoms with Crippen LogP contribution >= 0.6 is 0 Å². The van der Waals surface area contributed by atoms with E-state index in [0.29, 0.717) is 12.1 Å². The topological polar surface area (TPSA) is 87.0 Å². The number of carbonyl (C=O) groups excluding carboxylic acids is 1. The van der Waals surface area contributed by atoms with E-state index in [9.17, 15) is 14.7 Å². The number of benzene rings is 3. The Morgan fingerprint density at radius 2 is 1.62 bits per heavy atom. The number of hydrogen-bond donors (Lipinski definition) is 2. The zero-order chi connectivity index (χ0) is 22.5. The fourth-order valence-electron chi connectivity index (χ4n) is 4.33. The molecule has 3 aromatic carbocycles. The summed E-state index contributed by atoms with van der Waals surface area (Å²) in [7, 11) is 0. The van der Waals surface area contributed by atoms with Gasteiger partial charge in [-0.25, -0.2) is 0 Å². The van der Waals surface area contributed by atoms with Crippen LogP contribution in [0.3, 0.4) is 0 Å². The van der Waals surface area contributed by atoms with Crippen LogP contribution < -0.4 is 0 Å². The number of fused-ring (bicyclic) bond motifs is 1. The molecule has 0 bridgehead atoms. The summed E-state index contributed by atoms with van der Waals surface area (Å²) in [5.41, 5.74) is 2.71. The highest BCUT2D eigenvalue weighted by Crippen LogP contribution is 2.34. The SMILES string of the molecule is O=C(O)CCN=C1CC(c2ccccc2)CC(=O)C1=C(O)Cc1cccc2ccccc12. The number of rotatable bonds is 6. The zero-order valence-corrected chi connectivity index (χ0v) is 17.7. The van der Waals surface area contributed by atoms with Crippen LogP contribution in [0.1, 0.15) is 36.3 Å². The van der Waals surface area contributed by atoms with E-state index in [4.69, 9.17) is 5.11 Å². The fraction of sp³-hybridized carbons (Fsp3) is 0.222. The number of allylic oxidation sites excluding steroid dienone is 2. The van der Waals surface area contributed by atoms with Gasteiger partial charge in [-0.3, -0.25) is 14.6 Å². The first-order valence-corrected chi connectivity index (χ1v) is 10.8. The molecular formula is C27H25NO4. The maximum absolute atomic E-state index is 13.2. The molecule has 0 radical (unpaired) electrons. The van der Waals surface area contributed by atoms with Gasteiger partial charge >= 0.3 is 5.97 Å². The van der Waals surface area contributed by atoms with Crippen molar-refractivity contribution in [2.75, 3.05) is 6.54 Å². The number of carboxylic acids is 1. The van der Waals surface area contributed by atoms with E-state index in [2.05, 4.69) is 4.99 Å². The second-order valence-electron chi connectivity index (χ2n) is 8.05. The molecule has 1 aliphatic rings. The number of ketones is 1. The lowest BCUT2D eigenvalue weighted by Crippen LogP contribution is -2.27. The van der Waals surface area contributed by atoms with Gasteiger partial charge in [0, 0.05) is 25.1 Å². The normalized spacial score (nSPS) is 19.3. The number of carboxylic acid groups (broad SMARTS) is 1. The number of hydrogen-bond acceptors (Lipinski definition) is 4. The second kappa shape index (κ2) is 9.60. The Balaban J connectivity index is 1.69. The van der Waals surface area contributed by atoms with Crippen molar-refractivity contribution in [3.05, 3.63) is 95.3 Å². The van der Waals surface area contributed by atoms with Crippen LogP contribution in [0, 0.1) is 0 Å². The van der Waals surface area contributed by atoms with E-state index in [1.807, 2.05) is 72.8 Å². The highest BCUT2D eigenvalue weighted by atomic mass is 16.4. The van der Waals surface area contributed by atoms with Crippen LogP contribution in [0.15, 0.2) is 89.1 Å². The monoisotopic (exact) mass is 427 g/mol. The molecule has 2 N–H and O–H groups in total. The van der Waals surface area contributed by atoms with E-state index in [-0.39, 0.29) is 48.8 Å². The second-order valence-corrected chi connectivity index (χ2v) is 8.05. The molecule has 5 nitrogen and oxygen atoms in total. The summed E-state index contributed by atoms with van der Waals surface area (Å²) in [5.74, 6) is -1.15. The van der Waals surface area contributed by atoms with Crippen molar-refractivity contribution < 1.29 is 19.8 Å². The van der Waals surface area contributed by atoms with Crippen molar-refractivity contribution in [3.8, 4) is 0 Å². The van der Waals surface area contributed by atoms with Gasteiger partial charge in [-0.15, -0.1) is 0 Å². The third-order valence-corrected chi connectivity index (χ3v) is 5.86. The fourth-order valence-corrected chi connectivity index (χ4v) is 4.33. The Hall–Kier alpha value is -3.73. The summed E-state index contributed by atoms with van der Waals surface area (Å²) in [6.07, 6.45) is 0.878. The molecular weight excluding hydrogens is 402 g/mol. The quantitative estimate of drug-likeness (QED) is 0.415. The minimum atomic E-state index is -0.943. The summed E-state index contributed by atoms with van der Waals surface area (Å²) in [5, 5.41) is 22.1. The number of nitrogens with zero attached hydrogens (tertiary/aromatic N) is 1. The van der Waals surface area contributed by atoms with E-state index in [0.717, 1.165) is 21.9 Å². The summed E-state index contributed by atoms with van der Waals surface area (Å²) in [6, 6.07) is 23.6. The Labute approximate surface area is 186 Å². The van der Waals surface area contributed by atoms with E-state index >= 15 is 0 Å². The predicted octanol–water partition coefficient (Wildman–Crippen LogP) is 5.26. The van der Waals surface area contributed by atoms with Crippen molar-refractivity contribution in [1.29, 1.82) is 0 Å². The summed E-state index contributed by atoms with van der Waals surface area (Å²) in [4.78, 5) is 28.6. The third kappa shape index (κ3) is 4.78. The molecule has 0 amide bonds. The molecule has 4 rings (SSSR count). The van der Waals surface area contributed by atoms with Crippen LogP contribution in [0.25, 0.3) is 10.8 Å². The van der Waals surface area contributed by atoms with Gasteiger partial charge in [0.15, 0.2) is 5.78 Å². The lowest BCUT2D eigenvalue weighted by molar-refractivity contribution is -0.136. The van der Waals surface area contributed by atoms with Crippen molar-refractivity contribution >= 4 is 28.2 Å². The first-order chi connectivity index (χ1) is 15.5. The van der Waals surface area contributed by atoms with Gasteiger partial charge in [0.25, 0.3) is 0 Å². The van der Waals surface area contributed by atoms with Crippen molar-refractivity contribution in [3.63, 3.8) is 0 Å². The molecule has 0 heterocycles. The average Bonchev–Trinajstić information content (AvgIpc) is 2.79. The van der Waals surface area contributed by atoms with Crippen molar-refractivity contribution in [1.82, 2.24) is 0 Å². The number of Topliss-reactive ketones (excluding diaryl/α,β-unsaturated/α-hetero) is 1. The maximum Gasteiger partial charge on any atom is 0.305 e. The maximum atomic E-state index is 13.2. The molecule has 0 spiro atoms. The molecule has 32 heavy (non-hydrogen) atoms. The van der Waals surface area contributed by atoms with Gasteiger partial charge < -0.3 is 10.2 Å². The number of carbonyl (C=O) groups is 2. The van der Waals surface area contributed by atoms with Gasteiger partial charge in [-0.1, -0.05) is 72.8 Å². The zero-order valence-electron chi connectivity index (χ0n) is 17.7. The van der Waals surface area contributed by atoms with E-state index in [1.54, 1.807) is 0 Å². The van der Waals surface area contributed by atoms with Crippen molar-refractivity contribution in [2.24, 2.45) is 4.99 Å². The average molecular weight is 428 g/mol. The highest BCUT2D eigenvalue weighted by Gasteiger charge is 2.32. The number of aliphatic carboxylic acids is 1. The van der Waals surface area contributed by atoms with Gasteiger partial charge in [0.05, 0.1) is 12.0 Å². The lowest BCUT2D eigenvalue weighted by atomic mass is 9.78. The largest absolute Gasteiger partial charge is 0.511 e. The Morgan fingerprint density at radius 1 is 0.906 bits per heavy atom. The number of aliphatic imine (C=N–C) groups is 1. The van der Waals surface area contributed by atoms with Gasteiger partial charge in [0.2, 0.25) is 0 Å². The van der Waals surface area contributed by atoms with E-state index < -0.39 is 5.97 Å². The smallest absolute Gasteiger partial charge is 0.305 e. The molecule has 0 aliphatic heterocycles. The molecule has 0 saturated heterocycles. The standard InChI is InChI=1S/C27H25NO4/c29-24(16-20-11-6-10-19-9-4-5-12-22(19)20)27-23(28-14-13-26(31)32)15-21(17-25(27)30)18-7-2-1-3-8-18/h1-12,21,29H,13-17H2,(H,31,32). The first kappa shape index (κ1) is 21.5. The summed E-state index contributed by atoms with van der Waals surface area (Å²) in [6.45, 7) is 0.0739. The first-order valence-electron chi connectivity index (χ1n) is 10.8. The minimum Gasteiger partial charge on any atom is -0.511 e. The molecule has 5 heteroatoms. The molecule has 1 saturated carbocycles. The Morgan fingerprint density at radius 3 is 2.41 bits per heavy atom. The summed E-state index contributed by atoms with van der Waals surface area (Å²) < 4.78 is 0. The van der Waals surface area contributed by atoms with Crippen LogP contribution in [0.5, 0.6) is 0 Å². The van der Waals surface area contributed by atoms with E-state index in [1.165, 1.54) is 0 Å². The molecule has 1 unspecified atom stereocenters. The molecule has 1 atom stereocenters. The van der Waals surface area contributed by atoms with Crippen LogP contribution in [-0.2, 0) is 16.0 Å². The number of aliphatic hydroxyl groups is 1. The highest BCUT2D eigenvalue weighted by molar-refractivity contribution is 6.24. The minimum absolute atomic E-state index is 0.00746. The lowest BCUT2D eigenvalue weighted by Gasteiger charge is -2.26. The molecule has 3 aromatic rings. The van der Waals surface area contributed by atoms with Crippen LogP contribution in [0.2, 0.25) is 0 Å². The van der Waals surface area contributed by atoms with Crippen LogP contribution in [0.4, 0.5) is 0 Å². The molecule has 1 fully saturated rings.